The molecule has 1 heterocycles. The lowest BCUT2D eigenvalue weighted by atomic mass is 9.87. The lowest BCUT2D eigenvalue weighted by Gasteiger charge is -2.18. The molecule has 0 atom stereocenters. The van der Waals surface area contributed by atoms with Gasteiger partial charge >= 0.3 is 0 Å². The van der Waals surface area contributed by atoms with E-state index in [1.807, 2.05) is 27.7 Å². The molecule has 1 aromatic heterocycles. The van der Waals surface area contributed by atoms with Crippen LogP contribution in [0.15, 0.2) is 18.2 Å². The maximum atomic E-state index is 11.8. The maximum absolute atomic E-state index is 11.8. The van der Waals surface area contributed by atoms with Gasteiger partial charge in [0, 0.05) is 28.1 Å². The molecule has 0 aliphatic carbocycles. The van der Waals surface area contributed by atoms with E-state index in [1.165, 1.54) is 0 Å². The van der Waals surface area contributed by atoms with E-state index in [9.17, 15) is 9.59 Å². The van der Waals surface area contributed by atoms with Crippen LogP contribution in [0.3, 0.4) is 0 Å². The van der Waals surface area contributed by atoms with E-state index in [0.717, 1.165) is 28.1 Å². The van der Waals surface area contributed by atoms with Gasteiger partial charge in [-0.25, -0.2) is 0 Å². The smallest absolute Gasteiger partial charge is 0.249 e. The Balaban J connectivity index is 3.00. The number of rotatable bonds is 3. The number of pyridine rings is 1. The molecule has 0 saturated carbocycles. The molecule has 0 spiro atoms. The van der Waals surface area contributed by atoms with Crippen LogP contribution < -0.4 is 11.5 Å². The molecule has 0 bridgehead atoms. The second kappa shape index (κ2) is 5.60. The van der Waals surface area contributed by atoms with Gasteiger partial charge in [0.2, 0.25) is 11.8 Å². The Bertz CT molecular complexity index is 736. The van der Waals surface area contributed by atoms with Crippen molar-refractivity contribution in [2.45, 2.75) is 27.7 Å². The number of aryl methyl sites for hydroxylation is 2. The van der Waals surface area contributed by atoms with E-state index in [0.29, 0.717) is 5.56 Å². The molecule has 1 aromatic carbocycles. The average Bonchev–Trinajstić information content (AvgIpc) is 2.45. The summed E-state index contributed by atoms with van der Waals surface area (Å²) >= 11 is 0. The predicted octanol–water partition coefficient (Wildman–Crippen LogP) is 2.18. The standard InChI is InChI=1S/C17H19N3O2/c1-8-10(3)20-11(4)9(2)14(8)15-12(16(18)21)6-5-7-13(15)17(19)22/h5-7H,1-4H3,(H2,18,21)(H2,19,22). The lowest BCUT2D eigenvalue weighted by Crippen LogP contribution is -2.19. The van der Waals surface area contributed by atoms with Gasteiger partial charge in [-0.2, -0.15) is 0 Å². The largest absolute Gasteiger partial charge is 0.366 e. The first-order chi connectivity index (χ1) is 10.3. The summed E-state index contributed by atoms with van der Waals surface area (Å²) in [5, 5.41) is 0. The van der Waals surface area contributed by atoms with E-state index in [4.69, 9.17) is 11.5 Å². The molecule has 114 valence electrons. The summed E-state index contributed by atoms with van der Waals surface area (Å²) in [4.78, 5) is 28.1. The molecule has 5 heteroatoms. The molecule has 0 saturated heterocycles. The van der Waals surface area contributed by atoms with Gasteiger partial charge in [0.1, 0.15) is 0 Å². The highest BCUT2D eigenvalue weighted by atomic mass is 16.1. The van der Waals surface area contributed by atoms with Crippen LogP contribution in [-0.4, -0.2) is 16.8 Å². The Labute approximate surface area is 129 Å². The van der Waals surface area contributed by atoms with Gasteiger partial charge in [-0.15, -0.1) is 0 Å². The monoisotopic (exact) mass is 297 g/mol. The molecular formula is C17H19N3O2. The molecule has 0 fully saturated rings. The number of nitrogens with zero attached hydrogens (tertiary/aromatic N) is 1. The molecule has 22 heavy (non-hydrogen) atoms. The highest BCUT2D eigenvalue weighted by molar-refractivity contribution is 6.09. The van der Waals surface area contributed by atoms with Crippen LogP contribution in [0.2, 0.25) is 0 Å². The summed E-state index contributed by atoms with van der Waals surface area (Å²) in [6.45, 7) is 7.60. The van der Waals surface area contributed by atoms with Crippen LogP contribution in [0.25, 0.3) is 11.1 Å². The Hall–Kier alpha value is -2.69. The fourth-order valence-electron chi connectivity index (χ4n) is 2.67. The van der Waals surface area contributed by atoms with Crippen molar-refractivity contribution in [3.8, 4) is 11.1 Å². The first-order valence-corrected chi connectivity index (χ1v) is 6.93. The average molecular weight is 297 g/mol. The minimum absolute atomic E-state index is 0.285. The minimum Gasteiger partial charge on any atom is -0.366 e. The van der Waals surface area contributed by atoms with Crippen molar-refractivity contribution in [3.63, 3.8) is 0 Å². The normalized spacial score (nSPS) is 10.5. The van der Waals surface area contributed by atoms with Crippen LogP contribution in [-0.2, 0) is 0 Å². The Morgan fingerprint density at radius 2 is 1.23 bits per heavy atom. The van der Waals surface area contributed by atoms with Crippen molar-refractivity contribution >= 4 is 11.8 Å². The molecule has 0 radical (unpaired) electrons. The number of carbonyl (C=O) groups excluding carboxylic acids is 2. The number of hydrogen-bond acceptors (Lipinski definition) is 3. The van der Waals surface area contributed by atoms with Gasteiger partial charge in [0.05, 0.1) is 0 Å². The van der Waals surface area contributed by atoms with E-state index in [1.54, 1.807) is 18.2 Å². The number of benzene rings is 1. The van der Waals surface area contributed by atoms with E-state index in [-0.39, 0.29) is 11.1 Å². The van der Waals surface area contributed by atoms with Gasteiger partial charge in [0.25, 0.3) is 0 Å². The first kappa shape index (κ1) is 15.7. The van der Waals surface area contributed by atoms with Crippen molar-refractivity contribution < 1.29 is 9.59 Å². The van der Waals surface area contributed by atoms with Crippen LogP contribution in [0.4, 0.5) is 0 Å². The molecule has 0 aliphatic heterocycles. The molecule has 2 aromatic rings. The third-order valence-corrected chi connectivity index (χ3v) is 4.02. The molecule has 0 unspecified atom stereocenters. The molecule has 2 amide bonds. The number of nitrogens with two attached hydrogens (primary N) is 2. The number of aromatic nitrogens is 1. The summed E-state index contributed by atoms with van der Waals surface area (Å²) in [5.41, 5.74) is 16.3. The molecule has 5 nitrogen and oxygen atoms in total. The zero-order chi connectivity index (χ0) is 16.6. The zero-order valence-electron chi connectivity index (χ0n) is 13.2. The van der Waals surface area contributed by atoms with E-state index < -0.39 is 11.8 Å². The third kappa shape index (κ3) is 2.45. The topological polar surface area (TPSA) is 99.1 Å². The quantitative estimate of drug-likeness (QED) is 0.908. The summed E-state index contributed by atoms with van der Waals surface area (Å²) in [7, 11) is 0. The molecule has 2 rings (SSSR count). The van der Waals surface area contributed by atoms with Crippen LogP contribution in [0, 0.1) is 27.7 Å². The van der Waals surface area contributed by atoms with Crippen molar-refractivity contribution in [2.75, 3.05) is 0 Å². The van der Waals surface area contributed by atoms with E-state index >= 15 is 0 Å². The number of hydrogen-bond donors (Lipinski definition) is 2. The Morgan fingerprint density at radius 1 is 0.818 bits per heavy atom. The fourth-order valence-corrected chi connectivity index (χ4v) is 2.67. The highest BCUT2D eigenvalue weighted by Gasteiger charge is 2.22. The van der Waals surface area contributed by atoms with Crippen LogP contribution in [0.5, 0.6) is 0 Å². The van der Waals surface area contributed by atoms with Gasteiger partial charge in [0.15, 0.2) is 0 Å². The zero-order valence-corrected chi connectivity index (χ0v) is 13.2. The Kier molecular flexibility index (Phi) is 3.99. The predicted molar refractivity (Wildman–Crippen MR) is 85.7 cm³/mol. The summed E-state index contributed by atoms with van der Waals surface area (Å²) in [6.07, 6.45) is 0. The van der Waals surface area contributed by atoms with Crippen molar-refractivity contribution in [1.29, 1.82) is 0 Å². The second-order valence-electron chi connectivity index (χ2n) is 5.36. The number of primary amides is 2. The van der Waals surface area contributed by atoms with Gasteiger partial charge in [-0.05, 0) is 56.5 Å². The Morgan fingerprint density at radius 3 is 1.59 bits per heavy atom. The number of amides is 2. The minimum atomic E-state index is -0.594. The summed E-state index contributed by atoms with van der Waals surface area (Å²) in [6, 6.07) is 4.82. The number of carbonyl (C=O) groups is 2. The van der Waals surface area contributed by atoms with Crippen LogP contribution in [0.1, 0.15) is 43.2 Å². The fraction of sp³-hybridized carbons (Fsp3) is 0.235. The third-order valence-electron chi connectivity index (χ3n) is 4.02. The maximum Gasteiger partial charge on any atom is 0.249 e. The van der Waals surface area contributed by atoms with Gasteiger partial charge in [-0.3, -0.25) is 14.6 Å². The highest BCUT2D eigenvalue weighted by Crippen LogP contribution is 2.35. The summed E-state index contributed by atoms with van der Waals surface area (Å²) < 4.78 is 0. The van der Waals surface area contributed by atoms with Crippen molar-refractivity contribution in [1.82, 2.24) is 4.98 Å². The molecule has 4 N–H and O–H groups in total. The van der Waals surface area contributed by atoms with Crippen molar-refractivity contribution in [3.05, 3.63) is 51.8 Å². The van der Waals surface area contributed by atoms with E-state index in [2.05, 4.69) is 4.98 Å². The second-order valence-corrected chi connectivity index (χ2v) is 5.36. The first-order valence-electron chi connectivity index (χ1n) is 6.93. The van der Waals surface area contributed by atoms with Gasteiger partial charge < -0.3 is 11.5 Å². The van der Waals surface area contributed by atoms with Crippen LogP contribution >= 0.6 is 0 Å². The lowest BCUT2D eigenvalue weighted by molar-refractivity contribution is 0.0999. The van der Waals surface area contributed by atoms with Gasteiger partial charge in [-0.1, -0.05) is 6.07 Å². The van der Waals surface area contributed by atoms with Crippen molar-refractivity contribution in [2.24, 2.45) is 11.5 Å². The SMILES string of the molecule is Cc1nc(C)c(C)c(-c2c(C(N)=O)cccc2C(N)=O)c1C. The summed E-state index contributed by atoms with van der Waals surface area (Å²) in [5.74, 6) is -1.19. The molecule has 0 aliphatic rings. The molecular weight excluding hydrogens is 278 g/mol.